The lowest BCUT2D eigenvalue weighted by atomic mass is 10.1. The highest BCUT2D eigenvalue weighted by atomic mass is 32.1. The summed E-state index contributed by atoms with van der Waals surface area (Å²) in [7, 11) is 0. The van der Waals surface area contributed by atoms with Crippen molar-refractivity contribution in [2.45, 2.75) is 45.6 Å². The van der Waals surface area contributed by atoms with E-state index in [4.69, 9.17) is 0 Å². The van der Waals surface area contributed by atoms with Crippen molar-refractivity contribution in [1.29, 1.82) is 0 Å². The molecule has 1 fully saturated rings. The molecule has 0 radical (unpaired) electrons. The van der Waals surface area contributed by atoms with Crippen molar-refractivity contribution >= 4 is 17.4 Å². The summed E-state index contributed by atoms with van der Waals surface area (Å²) >= 11 is 1.78. The normalized spacial score (nSPS) is 16.9. The second kappa shape index (κ2) is 9.16. The predicted molar refractivity (Wildman–Crippen MR) is 93.3 cm³/mol. The van der Waals surface area contributed by atoms with Crippen LogP contribution >= 0.6 is 11.3 Å². The third kappa shape index (κ3) is 5.61. The minimum atomic E-state index is -0.0375. The van der Waals surface area contributed by atoms with Crippen molar-refractivity contribution in [3.63, 3.8) is 0 Å². The molecule has 1 unspecified atom stereocenters. The molecule has 1 aliphatic heterocycles. The van der Waals surface area contributed by atoms with E-state index in [1.54, 1.807) is 11.3 Å². The van der Waals surface area contributed by atoms with E-state index in [1.807, 2.05) is 0 Å². The van der Waals surface area contributed by atoms with Gasteiger partial charge in [-0.05, 0) is 56.1 Å². The molecule has 4 nitrogen and oxygen atoms in total. The summed E-state index contributed by atoms with van der Waals surface area (Å²) in [4.78, 5) is 15.8. The quantitative estimate of drug-likeness (QED) is 0.718. The van der Waals surface area contributed by atoms with Crippen LogP contribution in [0.3, 0.4) is 0 Å². The molecule has 1 atom stereocenters. The van der Waals surface area contributed by atoms with Crippen molar-refractivity contribution in [2.24, 2.45) is 5.92 Å². The molecule has 1 aliphatic rings. The van der Waals surface area contributed by atoms with Crippen molar-refractivity contribution in [2.75, 3.05) is 26.2 Å². The number of carbonyl (C=O) groups is 1. The molecular formula is C17H29N3OS. The zero-order chi connectivity index (χ0) is 15.8. The molecule has 5 heteroatoms. The Morgan fingerprint density at radius 2 is 2.09 bits per heavy atom. The molecule has 1 aromatic rings. The van der Waals surface area contributed by atoms with Crippen molar-refractivity contribution in [3.05, 3.63) is 22.4 Å². The van der Waals surface area contributed by atoms with Gasteiger partial charge in [0.25, 0.3) is 0 Å². The second-order valence-electron chi connectivity index (χ2n) is 6.45. The van der Waals surface area contributed by atoms with Crippen LogP contribution in [0.25, 0.3) is 0 Å². The SMILES string of the molecule is CC(C)CCCNC(=O)NCC(c1cccs1)N1CCCC1. The molecule has 0 saturated carbocycles. The number of carbonyl (C=O) groups excluding carboxylic acids is 1. The highest BCUT2D eigenvalue weighted by molar-refractivity contribution is 7.10. The predicted octanol–water partition coefficient (Wildman–Crippen LogP) is 3.62. The molecule has 2 heterocycles. The molecule has 0 aliphatic carbocycles. The molecular weight excluding hydrogens is 294 g/mol. The summed E-state index contributed by atoms with van der Waals surface area (Å²) in [6.45, 7) is 8.15. The van der Waals surface area contributed by atoms with Gasteiger partial charge in [-0.25, -0.2) is 4.79 Å². The summed E-state index contributed by atoms with van der Waals surface area (Å²) in [6, 6.07) is 4.55. The second-order valence-corrected chi connectivity index (χ2v) is 7.43. The molecule has 1 aromatic heterocycles. The fraction of sp³-hybridized carbons (Fsp3) is 0.706. The smallest absolute Gasteiger partial charge is 0.314 e. The maximum absolute atomic E-state index is 11.9. The number of nitrogens with one attached hydrogen (secondary N) is 2. The number of amides is 2. The van der Waals surface area contributed by atoms with Crippen LogP contribution in [0.1, 0.15) is 50.4 Å². The Morgan fingerprint density at radius 1 is 1.32 bits per heavy atom. The van der Waals surface area contributed by atoms with Gasteiger partial charge < -0.3 is 10.6 Å². The van der Waals surface area contributed by atoms with E-state index in [2.05, 4.69) is 46.9 Å². The van der Waals surface area contributed by atoms with Gasteiger partial charge in [-0.2, -0.15) is 0 Å². The Kier molecular flexibility index (Phi) is 7.19. The monoisotopic (exact) mass is 323 g/mol. The topological polar surface area (TPSA) is 44.4 Å². The molecule has 0 bridgehead atoms. The van der Waals surface area contributed by atoms with E-state index < -0.39 is 0 Å². The van der Waals surface area contributed by atoms with E-state index in [9.17, 15) is 4.79 Å². The number of likely N-dealkylation sites (tertiary alicyclic amines) is 1. The van der Waals surface area contributed by atoms with E-state index >= 15 is 0 Å². The van der Waals surface area contributed by atoms with Crippen LogP contribution < -0.4 is 10.6 Å². The molecule has 0 spiro atoms. The van der Waals surface area contributed by atoms with Gasteiger partial charge in [-0.3, -0.25) is 4.90 Å². The Balaban J connectivity index is 1.75. The van der Waals surface area contributed by atoms with Crippen molar-refractivity contribution in [3.8, 4) is 0 Å². The van der Waals surface area contributed by atoms with Gasteiger partial charge in [-0.1, -0.05) is 19.9 Å². The van der Waals surface area contributed by atoms with E-state index in [0.717, 1.165) is 32.5 Å². The Bertz CT molecular complexity index is 427. The average Bonchev–Trinajstić information content (AvgIpc) is 3.17. The summed E-state index contributed by atoms with van der Waals surface area (Å²) in [5.74, 6) is 0.697. The summed E-state index contributed by atoms with van der Waals surface area (Å²) in [6.07, 6.45) is 4.74. The van der Waals surface area contributed by atoms with Crippen LogP contribution in [0, 0.1) is 5.92 Å². The minimum absolute atomic E-state index is 0.0375. The first-order chi connectivity index (χ1) is 10.7. The van der Waals surface area contributed by atoms with Crippen LogP contribution in [0.5, 0.6) is 0 Å². The van der Waals surface area contributed by atoms with Gasteiger partial charge >= 0.3 is 6.03 Å². The molecule has 0 aromatic carbocycles. The standard InChI is InChI=1S/C17H29N3OS/c1-14(2)7-5-9-18-17(21)19-13-15(16-8-6-12-22-16)20-10-3-4-11-20/h6,8,12,14-15H,3-5,7,9-11,13H2,1-2H3,(H2,18,19,21). The first kappa shape index (κ1) is 17.3. The highest BCUT2D eigenvalue weighted by Gasteiger charge is 2.24. The molecule has 2 amide bonds. The number of hydrogen-bond acceptors (Lipinski definition) is 3. The van der Waals surface area contributed by atoms with Gasteiger partial charge in [0.1, 0.15) is 0 Å². The lowest BCUT2D eigenvalue weighted by Gasteiger charge is -2.27. The number of thiophene rings is 1. The van der Waals surface area contributed by atoms with Crippen LogP contribution in [-0.4, -0.2) is 37.1 Å². The largest absolute Gasteiger partial charge is 0.338 e. The lowest BCUT2D eigenvalue weighted by Crippen LogP contribution is -2.41. The van der Waals surface area contributed by atoms with E-state index in [1.165, 1.54) is 17.7 Å². The third-order valence-corrected chi connectivity index (χ3v) is 5.13. The van der Waals surface area contributed by atoms with Gasteiger partial charge in [0, 0.05) is 18.0 Å². The number of hydrogen-bond donors (Lipinski definition) is 2. The maximum atomic E-state index is 11.9. The number of urea groups is 1. The van der Waals surface area contributed by atoms with Crippen molar-refractivity contribution < 1.29 is 4.79 Å². The minimum Gasteiger partial charge on any atom is -0.338 e. The van der Waals surface area contributed by atoms with Gasteiger partial charge in [0.2, 0.25) is 0 Å². The molecule has 22 heavy (non-hydrogen) atoms. The number of nitrogens with zero attached hydrogens (tertiary/aromatic N) is 1. The van der Waals surface area contributed by atoms with Crippen LogP contribution in [0.15, 0.2) is 17.5 Å². The van der Waals surface area contributed by atoms with Gasteiger partial charge in [-0.15, -0.1) is 11.3 Å². The molecule has 1 saturated heterocycles. The van der Waals surface area contributed by atoms with Crippen LogP contribution in [0.4, 0.5) is 4.79 Å². The Morgan fingerprint density at radius 3 is 2.73 bits per heavy atom. The number of rotatable bonds is 8. The Hall–Kier alpha value is -1.07. The molecule has 124 valence electrons. The molecule has 2 N–H and O–H groups in total. The van der Waals surface area contributed by atoms with Crippen LogP contribution in [-0.2, 0) is 0 Å². The fourth-order valence-electron chi connectivity index (χ4n) is 2.91. The average molecular weight is 324 g/mol. The van der Waals surface area contributed by atoms with E-state index in [0.29, 0.717) is 18.5 Å². The molecule has 2 rings (SSSR count). The summed E-state index contributed by atoms with van der Waals surface area (Å²) in [5, 5.41) is 8.13. The zero-order valence-electron chi connectivity index (χ0n) is 13.8. The van der Waals surface area contributed by atoms with Crippen LogP contribution in [0.2, 0.25) is 0 Å². The first-order valence-electron chi connectivity index (χ1n) is 8.46. The summed E-state index contributed by atoms with van der Waals surface area (Å²) in [5.41, 5.74) is 0. The van der Waals surface area contributed by atoms with Gasteiger partial charge in [0.05, 0.1) is 6.04 Å². The zero-order valence-corrected chi connectivity index (χ0v) is 14.6. The van der Waals surface area contributed by atoms with Crippen molar-refractivity contribution in [1.82, 2.24) is 15.5 Å². The Labute approximate surface area is 138 Å². The summed E-state index contributed by atoms with van der Waals surface area (Å²) < 4.78 is 0. The van der Waals surface area contributed by atoms with E-state index in [-0.39, 0.29) is 6.03 Å². The lowest BCUT2D eigenvalue weighted by molar-refractivity contribution is 0.222. The highest BCUT2D eigenvalue weighted by Crippen LogP contribution is 2.27. The van der Waals surface area contributed by atoms with Gasteiger partial charge in [0.15, 0.2) is 0 Å². The fourth-order valence-corrected chi connectivity index (χ4v) is 3.77. The first-order valence-corrected chi connectivity index (χ1v) is 9.34. The maximum Gasteiger partial charge on any atom is 0.314 e. The third-order valence-electron chi connectivity index (χ3n) is 4.15.